The number of carbonyl (C=O) groups is 2. The lowest BCUT2D eigenvalue weighted by Crippen LogP contribution is -2.32. The van der Waals surface area contributed by atoms with E-state index in [0.717, 1.165) is 0 Å². The number of amides is 1. The van der Waals surface area contributed by atoms with Crippen LogP contribution in [0.2, 0.25) is 0 Å². The molecule has 0 heterocycles. The Morgan fingerprint density at radius 3 is 2.59 bits per heavy atom. The molecule has 0 radical (unpaired) electrons. The lowest BCUT2D eigenvalue weighted by molar-refractivity contribution is -0.146. The molecule has 1 aromatic rings. The number of nitrogens with one attached hydrogen (secondary N) is 1. The Kier molecular flexibility index (Phi) is 4.63. The van der Waals surface area contributed by atoms with Crippen LogP contribution in [0.1, 0.15) is 24.2 Å². The van der Waals surface area contributed by atoms with Crippen molar-refractivity contribution in [3.8, 4) is 0 Å². The molecule has 1 N–H and O–H groups in total. The molecule has 0 fully saturated rings. The van der Waals surface area contributed by atoms with Gasteiger partial charge in [-0.05, 0) is 26.0 Å². The second kappa shape index (κ2) is 5.98. The molecule has 4 nitrogen and oxygen atoms in total. The summed E-state index contributed by atoms with van der Waals surface area (Å²) in [5.41, 5.74) is -0.0927. The molecular weight excluding hydrogens is 225 g/mol. The van der Waals surface area contributed by atoms with E-state index in [-0.39, 0.29) is 18.2 Å². The van der Waals surface area contributed by atoms with Gasteiger partial charge in [-0.1, -0.05) is 12.1 Å². The van der Waals surface area contributed by atoms with Gasteiger partial charge in [-0.3, -0.25) is 9.59 Å². The second-order valence-corrected chi connectivity index (χ2v) is 3.70. The number of hydrogen-bond donors (Lipinski definition) is 1. The molecule has 0 unspecified atom stereocenters. The summed E-state index contributed by atoms with van der Waals surface area (Å²) in [6, 6.07) is 5.56. The fourth-order valence-corrected chi connectivity index (χ4v) is 1.20. The Bertz CT molecular complexity index is 418. The number of ether oxygens (including phenoxy) is 1. The number of hydrogen-bond acceptors (Lipinski definition) is 3. The van der Waals surface area contributed by atoms with Gasteiger partial charge < -0.3 is 10.1 Å². The average Bonchev–Trinajstić information content (AvgIpc) is 2.25. The van der Waals surface area contributed by atoms with Crippen molar-refractivity contribution in [1.82, 2.24) is 5.32 Å². The summed E-state index contributed by atoms with van der Waals surface area (Å²) in [5.74, 6) is -1.81. The Hall–Kier alpha value is -1.91. The highest BCUT2D eigenvalue weighted by molar-refractivity contribution is 5.96. The summed E-state index contributed by atoms with van der Waals surface area (Å²) in [4.78, 5) is 22.6. The average molecular weight is 239 g/mol. The SMILES string of the molecule is CC(C)OC(=O)CNC(=O)c1ccccc1F. The fraction of sp³-hybridized carbons (Fsp3) is 0.333. The number of esters is 1. The first kappa shape index (κ1) is 13.2. The van der Waals surface area contributed by atoms with Crippen molar-refractivity contribution in [1.29, 1.82) is 0 Å². The van der Waals surface area contributed by atoms with Gasteiger partial charge in [0.05, 0.1) is 11.7 Å². The van der Waals surface area contributed by atoms with E-state index >= 15 is 0 Å². The van der Waals surface area contributed by atoms with Crippen LogP contribution < -0.4 is 5.32 Å². The molecule has 1 aromatic carbocycles. The first-order valence-electron chi connectivity index (χ1n) is 5.23. The van der Waals surface area contributed by atoms with Gasteiger partial charge >= 0.3 is 5.97 Å². The Morgan fingerprint density at radius 1 is 1.35 bits per heavy atom. The van der Waals surface area contributed by atoms with Crippen LogP contribution in [0.3, 0.4) is 0 Å². The van der Waals surface area contributed by atoms with E-state index < -0.39 is 17.7 Å². The maximum Gasteiger partial charge on any atom is 0.325 e. The maximum absolute atomic E-state index is 13.2. The van der Waals surface area contributed by atoms with Crippen molar-refractivity contribution in [3.05, 3.63) is 35.6 Å². The molecule has 0 spiro atoms. The molecule has 0 saturated heterocycles. The molecule has 0 aliphatic carbocycles. The van der Waals surface area contributed by atoms with Crippen LogP contribution in [0.4, 0.5) is 4.39 Å². The molecule has 0 atom stereocenters. The zero-order chi connectivity index (χ0) is 12.8. The summed E-state index contributed by atoms with van der Waals surface area (Å²) in [6.45, 7) is 3.14. The van der Waals surface area contributed by atoms with Gasteiger partial charge in [0, 0.05) is 0 Å². The van der Waals surface area contributed by atoms with Crippen LogP contribution in [0.5, 0.6) is 0 Å². The Balaban J connectivity index is 2.51. The third-order valence-corrected chi connectivity index (χ3v) is 1.88. The van der Waals surface area contributed by atoms with Gasteiger partial charge in [-0.15, -0.1) is 0 Å². The van der Waals surface area contributed by atoms with Crippen LogP contribution in [0.25, 0.3) is 0 Å². The van der Waals surface area contributed by atoms with E-state index in [2.05, 4.69) is 5.32 Å². The van der Waals surface area contributed by atoms with Gasteiger partial charge in [-0.2, -0.15) is 0 Å². The summed E-state index contributed by atoms with van der Waals surface area (Å²) in [6.07, 6.45) is -0.243. The fourth-order valence-electron chi connectivity index (χ4n) is 1.20. The van der Waals surface area contributed by atoms with Gasteiger partial charge in [0.2, 0.25) is 0 Å². The van der Waals surface area contributed by atoms with Crippen molar-refractivity contribution >= 4 is 11.9 Å². The third-order valence-electron chi connectivity index (χ3n) is 1.88. The van der Waals surface area contributed by atoms with Crippen molar-refractivity contribution in [3.63, 3.8) is 0 Å². The first-order valence-corrected chi connectivity index (χ1v) is 5.23. The highest BCUT2D eigenvalue weighted by Crippen LogP contribution is 2.05. The van der Waals surface area contributed by atoms with Crippen LogP contribution in [0.15, 0.2) is 24.3 Å². The maximum atomic E-state index is 13.2. The minimum Gasteiger partial charge on any atom is -0.462 e. The quantitative estimate of drug-likeness (QED) is 0.810. The molecule has 92 valence electrons. The van der Waals surface area contributed by atoms with E-state index in [0.29, 0.717) is 0 Å². The lowest BCUT2D eigenvalue weighted by atomic mass is 10.2. The van der Waals surface area contributed by atoms with E-state index in [9.17, 15) is 14.0 Å². The standard InChI is InChI=1S/C12H14FNO3/c1-8(2)17-11(15)7-14-12(16)9-5-3-4-6-10(9)13/h3-6,8H,7H2,1-2H3,(H,14,16). The van der Waals surface area contributed by atoms with Crippen molar-refractivity contribution in [2.24, 2.45) is 0 Å². The normalized spacial score (nSPS) is 10.1. The minimum absolute atomic E-state index is 0.0927. The molecule has 0 aliphatic heterocycles. The van der Waals surface area contributed by atoms with Crippen LogP contribution in [-0.4, -0.2) is 24.5 Å². The second-order valence-electron chi connectivity index (χ2n) is 3.70. The molecular formula is C12H14FNO3. The largest absolute Gasteiger partial charge is 0.462 e. The number of benzene rings is 1. The first-order chi connectivity index (χ1) is 8.00. The van der Waals surface area contributed by atoms with E-state index in [4.69, 9.17) is 4.74 Å². The molecule has 0 saturated carbocycles. The van der Waals surface area contributed by atoms with Crippen LogP contribution in [-0.2, 0) is 9.53 Å². The van der Waals surface area contributed by atoms with Crippen LogP contribution in [0, 0.1) is 5.82 Å². The van der Waals surface area contributed by atoms with Gasteiger partial charge in [-0.25, -0.2) is 4.39 Å². The summed E-state index contributed by atoms with van der Waals surface area (Å²) in [7, 11) is 0. The third kappa shape index (κ3) is 4.22. The van der Waals surface area contributed by atoms with Crippen molar-refractivity contribution in [2.75, 3.05) is 6.54 Å². The highest BCUT2D eigenvalue weighted by atomic mass is 19.1. The highest BCUT2D eigenvalue weighted by Gasteiger charge is 2.12. The minimum atomic E-state index is -0.635. The Labute approximate surface area is 98.8 Å². The van der Waals surface area contributed by atoms with Gasteiger partial charge in [0.1, 0.15) is 12.4 Å². The smallest absolute Gasteiger partial charge is 0.325 e. The molecule has 17 heavy (non-hydrogen) atoms. The topological polar surface area (TPSA) is 55.4 Å². The summed E-state index contributed by atoms with van der Waals surface area (Å²) in [5, 5.41) is 2.29. The van der Waals surface area contributed by atoms with Crippen molar-refractivity contribution in [2.45, 2.75) is 20.0 Å². The van der Waals surface area contributed by atoms with E-state index in [1.165, 1.54) is 18.2 Å². The summed E-state index contributed by atoms with van der Waals surface area (Å²) >= 11 is 0. The number of carbonyl (C=O) groups excluding carboxylic acids is 2. The lowest BCUT2D eigenvalue weighted by Gasteiger charge is -2.09. The predicted octanol–water partition coefficient (Wildman–Crippen LogP) is 1.51. The molecule has 1 rings (SSSR count). The zero-order valence-corrected chi connectivity index (χ0v) is 9.70. The molecule has 0 bridgehead atoms. The van der Waals surface area contributed by atoms with Gasteiger partial charge in [0.15, 0.2) is 0 Å². The monoisotopic (exact) mass is 239 g/mol. The van der Waals surface area contributed by atoms with Gasteiger partial charge in [0.25, 0.3) is 5.91 Å². The molecule has 0 aliphatic rings. The molecule has 0 aromatic heterocycles. The predicted molar refractivity (Wildman–Crippen MR) is 60.0 cm³/mol. The number of rotatable bonds is 4. The van der Waals surface area contributed by atoms with E-state index in [1.807, 2.05) is 0 Å². The van der Waals surface area contributed by atoms with E-state index in [1.54, 1.807) is 19.9 Å². The number of halogens is 1. The van der Waals surface area contributed by atoms with Crippen LogP contribution >= 0.6 is 0 Å². The molecule has 1 amide bonds. The Morgan fingerprint density at radius 2 is 2.00 bits per heavy atom. The summed E-state index contributed by atoms with van der Waals surface area (Å²) < 4.78 is 18.0. The van der Waals surface area contributed by atoms with Crippen molar-refractivity contribution < 1.29 is 18.7 Å². The molecule has 5 heteroatoms. The zero-order valence-electron chi connectivity index (χ0n) is 9.70.